The molecule has 0 radical (unpaired) electrons. The van der Waals surface area contributed by atoms with Crippen LogP contribution in [0.2, 0.25) is 0 Å². The summed E-state index contributed by atoms with van der Waals surface area (Å²) < 4.78 is 46.9. The molecule has 0 amide bonds. The Bertz CT molecular complexity index is 612. The smallest absolute Gasteiger partial charge is 0.382 e. The summed E-state index contributed by atoms with van der Waals surface area (Å²) in [4.78, 5) is 11.3. The fourth-order valence-electron chi connectivity index (χ4n) is 1.65. The summed E-state index contributed by atoms with van der Waals surface area (Å²) in [6.45, 7) is 1.18. The number of rotatable bonds is 4. The zero-order chi connectivity index (χ0) is 14.8. The number of hydrogen-bond donors (Lipinski definition) is 0. The van der Waals surface area contributed by atoms with E-state index in [2.05, 4.69) is 9.84 Å². The van der Waals surface area contributed by atoms with E-state index in [1.165, 1.54) is 30.1 Å². The Morgan fingerprint density at radius 3 is 2.80 bits per heavy atom. The van der Waals surface area contributed by atoms with Crippen molar-refractivity contribution in [3.63, 3.8) is 0 Å². The zero-order valence-corrected chi connectivity index (χ0v) is 10.5. The Morgan fingerprint density at radius 2 is 2.20 bits per heavy atom. The van der Waals surface area contributed by atoms with Crippen LogP contribution in [0.25, 0.3) is 5.69 Å². The maximum atomic E-state index is 13.9. The summed E-state index contributed by atoms with van der Waals surface area (Å²) in [6.07, 6.45) is 2.96. The van der Waals surface area contributed by atoms with E-state index in [1.807, 2.05) is 0 Å². The number of carbonyl (C=O) groups excluding carboxylic acids is 1. The molecule has 1 aromatic heterocycles. The summed E-state index contributed by atoms with van der Waals surface area (Å²) in [5.41, 5.74) is -0.820. The van der Waals surface area contributed by atoms with Crippen LogP contribution in [0.15, 0.2) is 36.7 Å². The molecule has 0 N–H and O–H groups in total. The molecule has 0 aliphatic rings. The van der Waals surface area contributed by atoms with Crippen molar-refractivity contribution >= 4 is 5.97 Å². The topological polar surface area (TPSA) is 44.1 Å². The van der Waals surface area contributed by atoms with Gasteiger partial charge in [-0.2, -0.15) is 13.9 Å². The van der Waals surface area contributed by atoms with Gasteiger partial charge in [-0.15, -0.1) is 0 Å². The summed E-state index contributed by atoms with van der Waals surface area (Å²) in [5.74, 6) is -7.01. The molecule has 4 nitrogen and oxygen atoms in total. The maximum Gasteiger partial charge on any atom is 0.382 e. The number of aromatic nitrogens is 2. The second-order valence-electron chi connectivity index (χ2n) is 3.91. The van der Waals surface area contributed by atoms with Crippen molar-refractivity contribution in [3.05, 3.63) is 48.0 Å². The molecule has 1 heterocycles. The van der Waals surface area contributed by atoms with Crippen LogP contribution in [0.3, 0.4) is 0 Å². The van der Waals surface area contributed by atoms with Gasteiger partial charge >= 0.3 is 11.9 Å². The van der Waals surface area contributed by atoms with Crippen molar-refractivity contribution in [2.45, 2.75) is 12.8 Å². The highest BCUT2D eigenvalue weighted by molar-refractivity contribution is 5.79. The number of alkyl halides is 2. The Balaban J connectivity index is 2.45. The third-order valence-electron chi connectivity index (χ3n) is 2.59. The zero-order valence-electron chi connectivity index (χ0n) is 10.5. The van der Waals surface area contributed by atoms with Gasteiger partial charge in [-0.25, -0.2) is 13.9 Å². The Kier molecular flexibility index (Phi) is 3.78. The van der Waals surface area contributed by atoms with Gasteiger partial charge in [-0.3, -0.25) is 0 Å². The molecule has 0 aliphatic carbocycles. The Morgan fingerprint density at radius 1 is 1.45 bits per heavy atom. The molecular weight excluding hydrogens is 273 g/mol. The summed E-state index contributed by atoms with van der Waals surface area (Å²) in [7, 11) is 0. The normalized spacial score (nSPS) is 11.4. The van der Waals surface area contributed by atoms with Gasteiger partial charge in [0.1, 0.15) is 5.82 Å². The molecule has 2 rings (SSSR count). The average Bonchev–Trinajstić information content (AvgIpc) is 2.93. The SMILES string of the molecule is CCOC(=O)C(F)(F)c1cc(-n2cccn2)ccc1F. The number of ether oxygens (including phenoxy) is 1. The van der Waals surface area contributed by atoms with Crippen molar-refractivity contribution < 1.29 is 22.7 Å². The third kappa shape index (κ3) is 2.52. The van der Waals surface area contributed by atoms with E-state index < -0.39 is 23.3 Å². The van der Waals surface area contributed by atoms with Crippen LogP contribution in [-0.4, -0.2) is 22.4 Å². The minimum absolute atomic E-state index is 0.213. The molecule has 20 heavy (non-hydrogen) atoms. The first kappa shape index (κ1) is 14.1. The molecule has 2 aromatic rings. The van der Waals surface area contributed by atoms with Crippen LogP contribution >= 0.6 is 0 Å². The van der Waals surface area contributed by atoms with Gasteiger partial charge in [0.15, 0.2) is 0 Å². The lowest BCUT2D eigenvalue weighted by atomic mass is 10.1. The standard InChI is InChI=1S/C13H11F3N2O2/c1-2-20-12(19)13(15,16)10-8-9(4-5-11(10)14)18-7-3-6-17-18/h3-8H,2H2,1H3. The molecule has 1 aromatic carbocycles. The molecule has 0 spiro atoms. The van der Waals surface area contributed by atoms with E-state index in [9.17, 15) is 18.0 Å². The molecular formula is C13H11F3N2O2. The number of esters is 1. The highest BCUT2D eigenvalue weighted by Gasteiger charge is 2.45. The molecule has 7 heteroatoms. The molecule has 106 valence electrons. The van der Waals surface area contributed by atoms with Crippen molar-refractivity contribution in [2.24, 2.45) is 0 Å². The fraction of sp³-hybridized carbons (Fsp3) is 0.231. The van der Waals surface area contributed by atoms with Gasteiger partial charge in [0.05, 0.1) is 17.9 Å². The first-order chi connectivity index (χ1) is 9.46. The van der Waals surface area contributed by atoms with E-state index in [0.717, 1.165) is 12.1 Å². The third-order valence-corrected chi connectivity index (χ3v) is 2.59. The lowest BCUT2D eigenvalue weighted by Crippen LogP contribution is -2.29. The van der Waals surface area contributed by atoms with Gasteiger partial charge in [0.25, 0.3) is 0 Å². The molecule has 0 saturated carbocycles. The van der Waals surface area contributed by atoms with Gasteiger partial charge in [0.2, 0.25) is 0 Å². The van der Waals surface area contributed by atoms with Crippen LogP contribution < -0.4 is 0 Å². The predicted octanol–water partition coefficient (Wildman–Crippen LogP) is 2.67. The fourth-order valence-corrected chi connectivity index (χ4v) is 1.65. The lowest BCUT2D eigenvalue weighted by molar-refractivity contribution is -0.173. The second-order valence-corrected chi connectivity index (χ2v) is 3.91. The number of nitrogens with zero attached hydrogens (tertiary/aromatic N) is 2. The Labute approximate surface area is 112 Å². The molecule has 0 fully saturated rings. The lowest BCUT2D eigenvalue weighted by Gasteiger charge is -2.16. The van der Waals surface area contributed by atoms with Crippen LogP contribution in [0.1, 0.15) is 12.5 Å². The molecule has 0 saturated heterocycles. The monoisotopic (exact) mass is 284 g/mol. The number of halogens is 3. The van der Waals surface area contributed by atoms with Crippen LogP contribution in [0, 0.1) is 5.82 Å². The number of benzene rings is 1. The predicted molar refractivity (Wildman–Crippen MR) is 64.0 cm³/mol. The molecule has 0 aliphatic heterocycles. The molecule has 0 bridgehead atoms. The van der Waals surface area contributed by atoms with Gasteiger partial charge in [0, 0.05) is 12.4 Å². The van der Waals surface area contributed by atoms with Crippen molar-refractivity contribution in [3.8, 4) is 5.69 Å². The number of hydrogen-bond acceptors (Lipinski definition) is 3. The Hall–Kier alpha value is -2.31. The van der Waals surface area contributed by atoms with Crippen molar-refractivity contribution in [2.75, 3.05) is 6.61 Å². The van der Waals surface area contributed by atoms with E-state index >= 15 is 0 Å². The van der Waals surface area contributed by atoms with Crippen molar-refractivity contribution in [1.82, 2.24) is 9.78 Å². The van der Waals surface area contributed by atoms with Crippen LogP contribution in [0.5, 0.6) is 0 Å². The quantitative estimate of drug-likeness (QED) is 0.811. The summed E-state index contributed by atoms with van der Waals surface area (Å²) in [6, 6.07) is 4.61. The van der Waals surface area contributed by atoms with Crippen LogP contribution in [0.4, 0.5) is 13.2 Å². The van der Waals surface area contributed by atoms with E-state index in [1.54, 1.807) is 6.07 Å². The minimum atomic E-state index is -4.05. The van der Waals surface area contributed by atoms with Gasteiger partial charge in [-0.05, 0) is 31.2 Å². The highest BCUT2D eigenvalue weighted by atomic mass is 19.3. The molecule has 0 atom stereocenters. The molecule has 0 unspecified atom stereocenters. The largest absolute Gasteiger partial charge is 0.461 e. The second kappa shape index (κ2) is 5.36. The van der Waals surface area contributed by atoms with Gasteiger partial charge in [-0.1, -0.05) is 0 Å². The minimum Gasteiger partial charge on any atom is -0.461 e. The number of carbonyl (C=O) groups is 1. The first-order valence-electron chi connectivity index (χ1n) is 5.82. The van der Waals surface area contributed by atoms with E-state index in [-0.39, 0.29) is 12.3 Å². The summed E-state index contributed by atoms with van der Waals surface area (Å²) in [5, 5.41) is 3.85. The first-order valence-corrected chi connectivity index (χ1v) is 5.82. The maximum absolute atomic E-state index is 13.9. The van der Waals surface area contributed by atoms with Crippen LogP contribution in [-0.2, 0) is 15.5 Å². The highest BCUT2D eigenvalue weighted by Crippen LogP contribution is 2.32. The van der Waals surface area contributed by atoms with E-state index in [0.29, 0.717) is 0 Å². The summed E-state index contributed by atoms with van der Waals surface area (Å²) >= 11 is 0. The van der Waals surface area contributed by atoms with E-state index in [4.69, 9.17) is 0 Å². The average molecular weight is 284 g/mol. The van der Waals surface area contributed by atoms with Crippen molar-refractivity contribution in [1.29, 1.82) is 0 Å². The van der Waals surface area contributed by atoms with Gasteiger partial charge < -0.3 is 4.74 Å².